The molecule has 2 heterocycles. The van der Waals surface area contributed by atoms with Crippen molar-refractivity contribution in [2.45, 2.75) is 38.0 Å². The summed E-state index contributed by atoms with van der Waals surface area (Å²) in [5.74, 6) is 0.932. The van der Waals surface area contributed by atoms with Gasteiger partial charge in [-0.05, 0) is 34.3 Å². The number of aromatic nitrogens is 2. The van der Waals surface area contributed by atoms with Crippen molar-refractivity contribution in [2.75, 3.05) is 20.3 Å². The van der Waals surface area contributed by atoms with Gasteiger partial charge in [-0.15, -0.1) is 0 Å². The Kier molecular flexibility index (Phi) is 3.86. The van der Waals surface area contributed by atoms with Crippen LogP contribution in [0.4, 0.5) is 0 Å². The predicted molar refractivity (Wildman–Crippen MR) is 90.7 cm³/mol. The minimum Gasteiger partial charge on any atom is -0.495 e. The summed E-state index contributed by atoms with van der Waals surface area (Å²) in [5.41, 5.74) is 0.964. The van der Waals surface area contributed by atoms with Crippen molar-refractivity contribution in [3.05, 3.63) is 22.8 Å². The smallest absolute Gasteiger partial charge is 0.168 e. The molecular formula is C17H21BrN2O3. The Morgan fingerprint density at radius 1 is 1.35 bits per heavy atom. The number of halogens is 1. The number of fused-ring (bicyclic) bond motifs is 1. The zero-order valence-electron chi connectivity index (χ0n) is 13.4. The Labute approximate surface area is 144 Å². The molecule has 2 aromatic rings. The third kappa shape index (κ3) is 2.66. The van der Waals surface area contributed by atoms with E-state index in [0.29, 0.717) is 12.0 Å². The minimum absolute atomic E-state index is 0.339. The first-order valence-electron chi connectivity index (χ1n) is 8.10. The van der Waals surface area contributed by atoms with E-state index in [1.54, 1.807) is 7.11 Å². The molecule has 0 amide bonds. The molecule has 4 rings (SSSR count). The van der Waals surface area contributed by atoms with E-state index in [2.05, 4.69) is 39.8 Å². The zero-order valence-corrected chi connectivity index (χ0v) is 15.0. The molecule has 5 nitrogen and oxygen atoms in total. The summed E-state index contributed by atoms with van der Waals surface area (Å²) in [6.07, 6.45) is 5.02. The lowest BCUT2D eigenvalue weighted by atomic mass is 9.82. The molecular weight excluding hydrogens is 360 g/mol. The van der Waals surface area contributed by atoms with Gasteiger partial charge in [-0.1, -0.05) is 6.92 Å². The number of nitrogens with zero attached hydrogens (tertiary/aromatic N) is 2. The summed E-state index contributed by atoms with van der Waals surface area (Å²) in [6.45, 7) is 3.70. The van der Waals surface area contributed by atoms with Gasteiger partial charge in [-0.25, -0.2) is 0 Å². The normalized spacial score (nSPS) is 26.9. The first-order chi connectivity index (χ1) is 11.1. The van der Waals surface area contributed by atoms with Crippen LogP contribution in [0, 0.1) is 5.92 Å². The number of methoxy groups -OCH3 is 1. The monoisotopic (exact) mass is 380 g/mol. The molecule has 124 valence electrons. The summed E-state index contributed by atoms with van der Waals surface area (Å²) in [6, 6.07) is 4.43. The van der Waals surface area contributed by atoms with E-state index in [1.807, 2.05) is 6.07 Å². The fraction of sp³-hybridized carbons (Fsp3) is 0.588. The molecule has 1 aliphatic carbocycles. The third-order valence-electron chi connectivity index (χ3n) is 5.06. The standard InChI is InChI=1S/C17H21BrN2O3/c1-11-9-17(22-5-6-23-17)4-3-15(11)20-10-12-7-13(18)16(21-2)8-14(12)19-20/h7-8,10-11,15H,3-6,9H2,1-2H3/t11-,15-/m1/s1. The maximum Gasteiger partial charge on any atom is 0.168 e. The van der Waals surface area contributed by atoms with Crippen LogP contribution in [0.5, 0.6) is 5.75 Å². The van der Waals surface area contributed by atoms with Crippen LogP contribution in [0.25, 0.3) is 10.9 Å². The summed E-state index contributed by atoms with van der Waals surface area (Å²) < 4.78 is 20.2. The second kappa shape index (κ2) is 5.76. The van der Waals surface area contributed by atoms with Crippen LogP contribution in [-0.4, -0.2) is 35.9 Å². The van der Waals surface area contributed by atoms with E-state index in [-0.39, 0.29) is 5.79 Å². The van der Waals surface area contributed by atoms with Gasteiger partial charge in [0.05, 0.1) is 36.4 Å². The van der Waals surface area contributed by atoms with E-state index in [4.69, 9.17) is 19.3 Å². The largest absolute Gasteiger partial charge is 0.495 e. The van der Waals surface area contributed by atoms with Crippen LogP contribution in [0.15, 0.2) is 22.8 Å². The second-order valence-corrected chi connectivity index (χ2v) is 7.40. The highest BCUT2D eigenvalue weighted by Gasteiger charge is 2.44. The lowest BCUT2D eigenvalue weighted by Gasteiger charge is -2.39. The molecule has 1 aromatic heterocycles. The van der Waals surface area contributed by atoms with Gasteiger partial charge in [0.15, 0.2) is 5.79 Å². The maximum atomic E-state index is 5.87. The SMILES string of the molecule is COc1cc2nn([C@@H]3CCC4(C[C@H]3C)OCCO4)cc2cc1Br. The summed E-state index contributed by atoms with van der Waals surface area (Å²) in [7, 11) is 1.67. The zero-order chi connectivity index (χ0) is 16.0. The highest BCUT2D eigenvalue weighted by Crippen LogP contribution is 2.44. The van der Waals surface area contributed by atoms with Gasteiger partial charge in [0.2, 0.25) is 0 Å². The Morgan fingerprint density at radius 3 is 2.83 bits per heavy atom. The Balaban J connectivity index is 1.61. The van der Waals surface area contributed by atoms with Gasteiger partial charge < -0.3 is 14.2 Å². The van der Waals surface area contributed by atoms with Crippen LogP contribution in [0.3, 0.4) is 0 Å². The average Bonchev–Trinajstić information content (AvgIpc) is 3.13. The number of hydrogen-bond acceptors (Lipinski definition) is 4. The van der Waals surface area contributed by atoms with Gasteiger partial charge >= 0.3 is 0 Å². The Hall–Kier alpha value is -1.11. The molecule has 1 spiro atoms. The van der Waals surface area contributed by atoms with Gasteiger partial charge in [0.25, 0.3) is 0 Å². The average molecular weight is 381 g/mol. The van der Waals surface area contributed by atoms with Crippen molar-refractivity contribution in [1.82, 2.24) is 9.78 Å². The molecule has 0 radical (unpaired) electrons. The molecule has 23 heavy (non-hydrogen) atoms. The van der Waals surface area contributed by atoms with Crippen LogP contribution >= 0.6 is 15.9 Å². The number of ether oxygens (including phenoxy) is 3. The van der Waals surface area contributed by atoms with E-state index < -0.39 is 0 Å². The highest BCUT2D eigenvalue weighted by molar-refractivity contribution is 9.10. The topological polar surface area (TPSA) is 45.5 Å². The van der Waals surface area contributed by atoms with Crippen molar-refractivity contribution in [2.24, 2.45) is 5.92 Å². The lowest BCUT2D eigenvalue weighted by Crippen LogP contribution is -2.40. The first kappa shape index (κ1) is 15.4. The first-order valence-corrected chi connectivity index (χ1v) is 8.90. The lowest BCUT2D eigenvalue weighted by molar-refractivity contribution is -0.192. The van der Waals surface area contributed by atoms with Gasteiger partial charge in [0, 0.05) is 30.5 Å². The quantitative estimate of drug-likeness (QED) is 0.791. The van der Waals surface area contributed by atoms with Crippen molar-refractivity contribution in [1.29, 1.82) is 0 Å². The molecule has 2 aliphatic rings. The molecule has 1 aliphatic heterocycles. The Bertz CT molecular complexity index is 724. The fourth-order valence-corrected chi connectivity index (χ4v) is 4.43. The van der Waals surface area contributed by atoms with E-state index in [1.165, 1.54) is 0 Å². The Morgan fingerprint density at radius 2 is 2.13 bits per heavy atom. The highest BCUT2D eigenvalue weighted by atomic mass is 79.9. The molecule has 6 heteroatoms. The molecule has 0 bridgehead atoms. The number of rotatable bonds is 2. The maximum absolute atomic E-state index is 5.87. The molecule has 1 saturated carbocycles. The molecule has 2 atom stereocenters. The molecule has 2 fully saturated rings. The molecule has 0 N–H and O–H groups in total. The minimum atomic E-state index is -0.339. The van der Waals surface area contributed by atoms with Crippen molar-refractivity contribution in [3.63, 3.8) is 0 Å². The van der Waals surface area contributed by atoms with Crippen LogP contribution in [0.2, 0.25) is 0 Å². The second-order valence-electron chi connectivity index (χ2n) is 6.55. The van der Waals surface area contributed by atoms with Crippen molar-refractivity contribution in [3.8, 4) is 5.75 Å². The summed E-state index contributed by atoms with van der Waals surface area (Å²) in [5, 5.41) is 5.91. The summed E-state index contributed by atoms with van der Waals surface area (Å²) in [4.78, 5) is 0. The van der Waals surface area contributed by atoms with E-state index >= 15 is 0 Å². The van der Waals surface area contributed by atoms with Crippen LogP contribution in [-0.2, 0) is 9.47 Å². The van der Waals surface area contributed by atoms with Gasteiger partial charge in [0.1, 0.15) is 5.75 Å². The third-order valence-corrected chi connectivity index (χ3v) is 5.68. The van der Waals surface area contributed by atoms with Gasteiger partial charge in [-0.3, -0.25) is 4.68 Å². The van der Waals surface area contributed by atoms with Crippen molar-refractivity contribution < 1.29 is 14.2 Å². The van der Waals surface area contributed by atoms with E-state index in [9.17, 15) is 0 Å². The number of benzene rings is 1. The van der Waals surface area contributed by atoms with Crippen molar-refractivity contribution >= 4 is 26.8 Å². The van der Waals surface area contributed by atoms with Crippen LogP contribution < -0.4 is 4.74 Å². The molecule has 0 unspecified atom stereocenters. The predicted octanol–water partition coefficient (Wildman–Crippen LogP) is 3.91. The fourth-order valence-electron chi connectivity index (χ4n) is 3.90. The molecule has 1 saturated heterocycles. The number of hydrogen-bond donors (Lipinski definition) is 0. The van der Waals surface area contributed by atoms with Crippen LogP contribution in [0.1, 0.15) is 32.2 Å². The summed E-state index contributed by atoms with van der Waals surface area (Å²) >= 11 is 3.54. The van der Waals surface area contributed by atoms with Gasteiger partial charge in [-0.2, -0.15) is 5.10 Å². The van der Waals surface area contributed by atoms with E-state index in [0.717, 1.165) is 53.6 Å². The molecule has 1 aromatic carbocycles.